The molecular formula is C28H20Br2FN3S3. The molecule has 6 rings (SSSR count). The smallest absolute Gasteiger partial charge is 0.191 e. The van der Waals surface area contributed by atoms with Crippen LogP contribution in [-0.2, 0) is 12.2 Å². The Kier molecular flexibility index (Phi) is 7.33. The highest BCUT2D eigenvalue weighted by atomic mass is 79.9. The van der Waals surface area contributed by atoms with Crippen molar-refractivity contribution in [3.63, 3.8) is 0 Å². The summed E-state index contributed by atoms with van der Waals surface area (Å²) in [7, 11) is 0. The van der Waals surface area contributed by atoms with Gasteiger partial charge in [0.2, 0.25) is 0 Å². The Morgan fingerprint density at radius 2 is 1.54 bits per heavy atom. The molecule has 37 heavy (non-hydrogen) atoms. The predicted molar refractivity (Wildman–Crippen MR) is 162 cm³/mol. The van der Waals surface area contributed by atoms with Gasteiger partial charge in [0.05, 0.1) is 10.6 Å². The van der Waals surface area contributed by atoms with Crippen LogP contribution in [0.2, 0.25) is 0 Å². The molecule has 3 heterocycles. The maximum absolute atomic E-state index is 13.3. The summed E-state index contributed by atoms with van der Waals surface area (Å²) in [4.78, 5) is 11.8. The number of benzene rings is 3. The second-order valence-corrected chi connectivity index (χ2v) is 13.9. The molecule has 2 atom stereocenters. The van der Waals surface area contributed by atoms with Crippen LogP contribution in [0.25, 0.3) is 10.2 Å². The summed E-state index contributed by atoms with van der Waals surface area (Å²) >= 11 is 12.4. The first-order valence-corrected chi connectivity index (χ1v) is 15.9. The van der Waals surface area contributed by atoms with E-state index in [4.69, 9.17) is 10.7 Å². The molecule has 186 valence electrons. The number of anilines is 1. The van der Waals surface area contributed by atoms with Crippen molar-refractivity contribution in [1.82, 2.24) is 9.97 Å². The molecule has 0 radical (unpaired) electrons. The molecule has 1 aliphatic heterocycles. The van der Waals surface area contributed by atoms with Gasteiger partial charge in [-0.15, -0.1) is 23.1 Å². The number of nitrogens with zero attached hydrogens (tertiary/aromatic N) is 2. The lowest BCUT2D eigenvalue weighted by Crippen LogP contribution is -2.12. The zero-order valence-electron chi connectivity index (χ0n) is 19.3. The summed E-state index contributed by atoms with van der Waals surface area (Å²) in [5, 5.41) is 2.10. The van der Waals surface area contributed by atoms with E-state index >= 15 is 0 Å². The maximum atomic E-state index is 13.3. The van der Waals surface area contributed by atoms with Gasteiger partial charge in [-0.25, -0.2) is 14.4 Å². The summed E-state index contributed by atoms with van der Waals surface area (Å²) in [6.45, 7) is 0. The standard InChI is InChI=1S/C28H20Br2FN3S3/c29-18-7-3-16(4-8-18)22-13-21-23-26(32)33-28(35-14-15-1-11-20(31)12-2-15)34-27(23)37-25(21)24(36-22)17-5-9-19(30)10-6-17/h1-12,22,24H,13-14H2,(H2,32,33,34)/t22-,24+/m1/s1. The van der Waals surface area contributed by atoms with Crippen LogP contribution in [0.15, 0.2) is 86.9 Å². The highest BCUT2D eigenvalue weighted by molar-refractivity contribution is 9.10. The molecule has 0 bridgehead atoms. The fraction of sp³-hybridized carbons (Fsp3) is 0.143. The number of fused-ring (bicyclic) bond motifs is 3. The molecule has 5 aromatic rings. The monoisotopic (exact) mass is 671 g/mol. The van der Waals surface area contributed by atoms with Gasteiger partial charge in [0, 0.05) is 24.8 Å². The minimum absolute atomic E-state index is 0.180. The van der Waals surface area contributed by atoms with Gasteiger partial charge in [-0.05, 0) is 65.1 Å². The van der Waals surface area contributed by atoms with Crippen LogP contribution in [0, 0.1) is 5.82 Å². The lowest BCUT2D eigenvalue weighted by Gasteiger charge is -2.30. The largest absolute Gasteiger partial charge is 0.383 e. The van der Waals surface area contributed by atoms with E-state index in [0.29, 0.717) is 22.0 Å². The Balaban J connectivity index is 1.40. The molecule has 0 saturated heterocycles. The number of hydrogen-bond acceptors (Lipinski definition) is 6. The first-order valence-electron chi connectivity index (χ1n) is 11.6. The van der Waals surface area contributed by atoms with Crippen LogP contribution in [0.1, 0.15) is 37.6 Å². The Hall–Kier alpha value is -1.91. The molecule has 9 heteroatoms. The van der Waals surface area contributed by atoms with Crippen LogP contribution < -0.4 is 5.73 Å². The minimum atomic E-state index is -0.237. The predicted octanol–water partition coefficient (Wildman–Crippen LogP) is 9.35. The fourth-order valence-electron chi connectivity index (χ4n) is 4.49. The summed E-state index contributed by atoms with van der Waals surface area (Å²) in [5.41, 5.74) is 11.4. The minimum Gasteiger partial charge on any atom is -0.383 e. The summed E-state index contributed by atoms with van der Waals surface area (Å²) in [6, 6.07) is 23.7. The van der Waals surface area contributed by atoms with Crippen LogP contribution in [0.3, 0.4) is 0 Å². The highest BCUT2D eigenvalue weighted by Gasteiger charge is 2.34. The molecule has 0 saturated carbocycles. The van der Waals surface area contributed by atoms with E-state index in [9.17, 15) is 4.39 Å². The molecule has 0 unspecified atom stereocenters. The number of nitrogens with two attached hydrogens (primary N) is 1. The number of halogens is 3. The average molecular weight is 673 g/mol. The second-order valence-electron chi connectivity index (χ2n) is 8.74. The van der Waals surface area contributed by atoms with Crippen molar-refractivity contribution in [2.24, 2.45) is 0 Å². The van der Waals surface area contributed by atoms with Crippen LogP contribution >= 0.6 is 66.7 Å². The number of hydrogen-bond donors (Lipinski definition) is 1. The van der Waals surface area contributed by atoms with Crippen molar-refractivity contribution in [2.45, 2.75) is 27.8 Å². The van der Waals surface area contributed by atoms with E-state index in [1.807, 2.05) is 11.8 Å². The quantitative estimate of drug-likeness (QED) is 0.149. The second kappa shape index (κ2) is 10.7. The molecule has 0 fully saturated rings. The molecule has 2 aromatic heterocycles. The van der Waals surface area contributed by atoms with E-state index in [1.54, 1.807) is 23.5 Å². The van der Waals surface area contributed by atoms with Crippen molar-refractivity contribution in [3.8, 4) is 0 Å². The zero-order valence-corrected chi connectivity index (χ0v) is 24.9. The fourth-order valence-corrected chi connectivity index (χ4v) is 8.90. The number of nitrogen functional groups attached to an aromatic ring is 1. The molecule has 0 spiro atoms. The maximum Gasteiger partial charge on any atom is 0.191 e. The zero-order chi connectivity index (χ0) is 25.5. The Morgan fingerprint density at radius 1 is 0.892 bits per heavy atom. The molecule has 3 aromatic carbocycles. The van der Waals surface area contributed by atoms with Crippen molar-refractivity contribution in [3.05, 3.63) is 115 Å². The van der Waals surface area contributed by atoms with Gasteiger partial charge in [-0.3, -0.25) is 0 Å². The topological polar surface area (TPSA) is 51.8 Å². The van der Waals surface area contributed by atoms with Gasteiger partial charge >= 0.3 is 0 Å². The molecule has 0 aliphatic carbocycles. The molecule has 2 N–H and O–H groups in total. The van der Waals surface area contributed by atoms with E-state index < -0.39 is 0 Å². The Bertz CT molecular complexity index is 1570. The van der Waals surface area contributed by atoms with Crippen molar-refractivity contribution in [2.75, 3.05) is 5.73 Å². The first-order chi connectivity index (χ1) is 17.9. The summed E-state index contributed by atoms with van der Waals surface area (Å²) in [6.07, 6.45) is 0.879. The lowest BCUT2D eigenvalue weighted by atomic mass is 9.98. The summed E-state index contributed by atoms with van der Waals surface area (Å²) in [5.74, 6) is 0.943. The molecule has 0 amide bonds. The Labute approximate surface area is 243 Å². The molecule has 1 aliphatic rings. The summed E-state index contributed by atoms with van der Waals surface area (Å²) < 4.78 is 15.4. The van der Waals surface area contributed by atoms with Crippen molar-refractivity contribution >= 4 is 82.8 Å². The normalized spacial score (nSPS) is 17.2. The first kappa shape index (κ1) is 25.4. The van der Waals surface area contributed by atoms with Gasteiger partial charge in [0.1, 0.15) is 16.5 Å². The van der Waals surface area contributed by atoms with Crippen LogP contribution in [-0.4, -0.2) is 9.97 Å². The van der Waals surface area contributed by atoms with Crippen LogP contribution in [0.5, 0.6) is 0 Å². The number of aromatic nitrogens is 2. The van der Waals surface area contributed by atoms with E-state index in [2.05, 4.69) is 85.4 Å². The number of thiophene rings is 1. The molecule has 3 nitrogen and oxygen atoms in total. The lowest BCUT2D eigenvalue weighted by molar-refractivity contribution is 0.627. The SMILES string of the molecule is Nc1nc(SCc2ccc(F)cc2)nc2sc3c(c12)C[C@H](c1ccc(Br)cc1)S[C@H]3c1ccc(Br)cc1. The third-order valence-corrected chi connectivity index (χ3v) is 11.2. The van der Waals surface area contributed by atoms with Crippen molar-refractivity contribution in [1.29, 1.82) is 0 Å². The van der Waals surface area contributed by atoms with Crippen LogP contribution in [0.4, 0.5) is 10.2 Å². The average Bonchev–Trinajstić information content (AvgIpc) is 3.28. The van der Waals surface area contributed by atoms with Gasteiger partial charge in [-0.2, -0.15) is 0 Å². The van der Waals surface area contributed by atoms with Gasteiger partial charge in [0.15, 0.2) is 5.16 Å². The number of rotatable bonds is 5. The van der Waals surface area contributed by atoms with Gasteiger partial charge < -0.3 is 5.73 Å². The third kappa shape index (κ3) is 5.34. The molecular weight excluding hydrogens is 653 g/mol. The van der Waals surface area contributed by atoms with E-state index in [-0.39, 0.29) is 11.1 Å². The highest BCUT2D eigenvalue weighted by Crippen LogP contribution is 2.56. The van der Waals surface area contributed by atoms with Gasteiger partial charge in [0.25, 0.3) is 0 Å². The number of thioether (sulfide) groups is 2. The third-order valence-electron chi connectivity index (χ3n) is 6.31. The van der Waals surface area contributed by atoms with E-state index in [1.165, 1.54) is 45.5 Å². The van der Waals surface area contributed by atoms with Gasteiger partial charge in [-0.1, -0.05) is 80.0 Å². The van der Waals surface area contributed by atoms with Crippen molar-refractivity contribution < 1.29 is 4.39 Å². The Morgan fingerprint density at radius 3 is 2.22 bits per heavy atom. The van der Waals surface area contributed by atoms with E-state index in [0.717, 1.165) is 31.1 Å².